The number of unbranched alkanes of at least 4 members (excludes halogenated alkanes) is 1. The van der Waals surface area contributed by atoms with Crippen LogP contribution in [-0.2, 0) is 4.79 Å². The standard InChI is InChI=1S/C12H22ClNO/c1-2-11(9-10-6-7-10)14-12(15)5-3-4-8-13/h10-11H,2-9H2,1H3,(H,14,15). The Kier molecular flexibility index (Phi) is 6.07. The number of nitrogens with one attached hydrogen (secondary N) is 1. The smallest absolute Gasteiger partial charge is 0.220 e. The summed E-state index contributed by atoms with van der Waals surface area (Å²) in [6.07, 6.45) is 7.43. The molecule has 1 atom stereocenters. The molecule has 15 heavy (non-hydrogen) atoms. The monoisotopic (exact) mass is 231 g/mol. The first-order valence-electron chi connectivity index (χ1n) is 6.11. The molecule has 1 amide bonds. The fourth-order valence-electron chi connectivity index (χ4n) is 1.76. The van der Waals surface area contributed by atoms with Crippen LogP contribution in [-0.4, -0.2) is 17.8 Å². The molecule has 0 aromatic heterocycles. The number of carbonyl (C=O) groups excluding carboxylic acids is 1. The molecule has 0 radical (unpaired) electrons. The van der Waals surface area contributed by atoms with E-state index >= 15 is 0 Å². The van der Waals surface area contributed by atoms with Crippen molar-refractivity contribution in [3.05, 3.63) is 0 Å². The summed E-state index contributed by atoms with van der Waals surface area (Å²) in [6, 6.07) is 0.404. The maximum Gasteiger partial charge on any atom is 0.220 e. The molecule has 3 heteroatoms. The number of carbonyl (C=O) groups is 1. The Bertz CT molecular complexity index is 192. The van der Waals surface area contributed by atoms with E-state index in [-0.39, 0.29) is 5.91 Å². The number of amides is 1. The molecule has 0 saturated heterocycles. The number of rotatable bonds is 8. The highest BCUT2D eigenvalue weighted by Crippen LogP contribution is 2.34. The van der Waals surface area contributed by atoms with Crippen LogP contribution in [0.3, 0.4) is 0 Å². The molecule has 0 heterocycles. The van der Waals surface area contributed by atoms with Gasteiger partial charge in [0, 0.05) is 18.3 Å². The van der Waals surface area contributed by atoms with E-state index in [1.165, 1.54) is 19.3 Å². The van der Waals surface area contributed by atoms with Crippen LogP contribution in [0.2, 0.25) is 0 Å². The first-order chi connectivity index (χ1) is 7.26. The summed E-state index contributed by atoms with van der Waals surface area (Å²) in [5, 5.41) is 3.11. The minimum absolute atomic E-state index is 0.201. The van der Waals surface area contributed by atoms with Gasteiger partial charge in [0.25, 0.3) is 0 Å². The number of alkyl halides is 1. The molecule has 0 bridgehead atoms. The van der Waals surface area contributed by atoms with Crippen LogP contribution in [0.5, 0.6) is 0 Å². The average molecular weight is 232 g/mol. The minimum Gasteiger partial charge on any atom is -0.353 e. The van der Waals surface area contributed by atoms with Crippen LogP contribution in [0.25, 0.3) is 0 Å². The Morgan fingerprint density at radius 1 is 1.47 bits per heavy atom. The fraction of sp³-hybridized carbons (Fsp3) is 0.917. The molecule has 0 aliphatic heterocycles. The lowest BCUT2D eigenvalue weighted by Crippen LogP contribution is -2.34. The predicted molar refractivity (Wildman–Crippen MR) is 64.1 cm³/mol. The lowest BCUT2D eigenvalue weighted by atomic mass is 10.1. The fourth-order valence-corrected chi connectivity index (χ4v) is 1.95. The summed E-state index contributed by atoms with van der Waals surface area (Å²) in [5.41, 5.74) is 0. The Balaban J connectivity index is 2.09. The van der Waals surface area contributed by atoms with Crippen LogP contribution in [0.4, 0.5) is 0 Å². The summed E-state index contributed by atoms with van der Waals surface area (Å²) in [6.45, 7) is 2.14. The molecule has 2 nitrogen and oxygen atoms in total. The zero-order valence-corrected chi connectivity index (χ0v) is 10.4. The maximum atomic E-state index is 11.5. The van der Waals surface area contributed by atoms with Crippen molar-refractivity contribution in [2.24, 2.45) is 5.92 Å². The largest absolute Gasteiger partial charge is 0.353 e. The van der Waals surface area contributed by atoms with Gasteiger partial charge in [-0.15, -0.1) is 11.6 Å². The average Bonchev–Trinajstić information content (AvgIpc) is 3.01. The van der Waals surface area contributed by atoms with Crippen molar-refractivity contribution in [2.75, 3.05) is 5.88 Å². The van der Waals surface area contributed by atoms with Gasteiger partial charge >= 0.3 is 0 Å². The Labute approximate surface area is 97.8 Å². The van der Waals surface area contributed by atoms with E-state index < -0.39 is 0 Å². The quantitative estimate of drug-likeness (QED) is 0.505. The molecule has 1 rings (SSSR count). The van der Waals surface area contributed by atoms with E-state index in [0.717, 1.165) is 25.2 Å². The zero-order valence-electron chi connectivity index (χ0n) is 9.60. The van der Waals surface area contributed by atoms with Crippen molar-refractivity contribution in [3.8, 4) is 0 Å². The molecule has 1 unspecified atom stereocenters. The summed E-state index contributed by atoms with van der Waals surface area (Å²) < 4.78 is 0. The van der Waals surface area contributed by atoms with Crippen LogP contribution in [0.1, 0.15) is 51.9 Å². The van der Waals surface area contributed by atoms with Crippen LogP contribution >= 0.6 is 11.6 Å². The van der Waals surface area contributed by atoms with Gasteiger partial charge in [-0.3, -0.25) is 4.79 Å². The van der Waals surface area contributed by atoms with Crippen molar-refractivity contribution >= 4 is 17.5 Å². The summed E-state index contributed by atoms with van der Waals surface area (Å²) in [7, 11) is 0. The van der Waals surface area contributed by atoms with Gasteiger partial charge in [-0.1, -0.05) is 19.8 Å². The third kappa shape index (κ3) is 6.03. The molecular formula is C12H22ClNO. The van der Waals surface area contributed by atoms with E-state index in [1.54, 1.807) is 0 Å². The van der Waals surface area contributed by atoms with E-state index in [1.807, 2.05) is 0 Å². The first kappa shape index (κ1) is 12.8. The van der Waals surface area contributed by atoms with Crippen LogP contribution in [0, 0.1) is 5.92 Å². The Hall–Kier alpha value is -0.240. The van der Waals surface area contributed by atoms with Gasteiger partial charge in [-0.05, 0) is 31.6 Å². The zero-order chi connectivity index (χ0) is 11.1. The Morgan fingerprint density at radius 3 is 2.73 bits per heavy atom. The third-order valence-corrected chi connectivity index (χ3v) is 3.23. The molecule has 1 aliphatic rings. The first-order valence-corrected chi connectivity index (χ1v) is 6.65. The lowest BCUT2D eigenvalue weighted by Gasteiger charge is -2.16. The van der Waals surface area contributed by atoms with Gasteiger partial charge in [0.2, 0.25) is 5.91 Å². The normalized spacial score (nSPS) is 17.5. The van der Waals surface area contributed by atoms with Gasteiger partial charge in [0.1, 0.15) is 0 Å². The van der Waals surface area contributed by atoms with Gasteiger partial charge in [0.15, 0.2) is 0 Å². The van der Waals surface area contributed by atoms with Crippen molar-refractivity contribution in [3.63, 3.8) is 0 Å². The van der Waals surface area contributed by atoms with E-state index in [0.29, 0.717) is 18.3 Å². The molecule has 1 saturated carbocycles. The van der Waals surface area contributed by atoms with E-state index in [2.05, 4.69) is 12.2 Å². The lowest BCUT2D eigenvalue weighted by molar-refractivity contribution is -0.122. The molecule has 1 N–H and O–H groups in total. The summed E-state index contributed by atoms with van der Waals surface area (Å²) in [5.74, 6) is 1.75. The minimum atomic E-state index is 0.201. The maximum absolute atomic E-state index is 11.5. The third-order valence-electron chi connectivity index (χ3n) is 2.96. The summed E-state index contributed by atoms with van der Waals surface area (Å²) in [4.78, 5) is 11.5. The van der Waals surface area contributed by atoms with Gasteiger partial charge in [0.05, 0.1) is 0 Å². The highest BCUT2D eigenvalue weighted by atomic mass is 35.5. The molecule has 0 aromatic carbocycles. The molecule has 1 aliphatic carbocycles. The topological polar surface area (TPSA) is 29.1 Å². The van der Waals surface area contributed by atoms with Gasteiger partial charge in [-0.25, -0.2) is 0 Å². The second-order valence-electron chi connectivity index (χ2n) is 4.50. The highest BCUT2D eigenvalue weighted by Gasteiger charge is 2.25. The van der Waals surface area contributed by atoms with Crippen LogP contribution < -0.4 is 5.32 Å². The summed E-state index contributed by atoms with van der Waals surface area (Å²) >= 11 is 5.56. The molecular weight excluding hydrogens is 210 g/mol. The molecule has 88 valence electrons. The van der Waals surface area contributed by atoms with Crippen molar-refractivity contribution < 1.29 is 4.79 Å². The highest BCUT2D eigenvalue weighted by molar-refractivity contribution is 6.17. The van der Waals surface area contributed by atoms with E-state index in [9.17, 15) is 4.79 Å². The van der Waals surface area contributed by atoms with Crippen molar-refractivity contribution in [2.45, 2.75) is 57.9 Å². The second-order valence-corrected chi connectivity index (χ2v) is 4.88. The van der Waals surface area contributed by atoms with Gasteiger partial charge < -0.3 is 5.32 Å². The van der Waals surface area contributed by atoms with E-state index in [4.69, 9.17) is 11.6 Å². The molecule has 0 spiro atoms. The second kappa shape index (κ2) is 7.10. The van der Waals surface area contributed by atoms with Crippen molar-refractivity contribution in [1.29, 1.82) is 0 Å². The molecule has 0 aromatic rings. The van der Waals surface area contributed by atoms with Gasteiger partial charge in [-0.2, -0.15) is 0 Å². The number of hydrogen-bond donors (Lipinski definition) is 1. The number of hydrogen-bond acceptors (Lipinski definition) is 1. The molecule has 1 fully saturated rings. The predicted octanol–water partition coefficient (Wildman–Crippen LogP) is 3.09. The van der Waals surface area contributed by atoms with Crippen molar-refractivity contribution in [1.82, 2.24) is 5.32 Å². The SMILES string of the molecule is CCC(CC1CC1)NC(=O)CCCCCl. The number of halogens is 1. The Morgan fingerprint density at radius 2 is 2.20 bits per heavy atom. The van der Waals surface area contributed by atoms with Crippen LogP contribution in [0.15, 0.2) is 0 Å².